The fourth-order valence-electron chi connectivity index (χ4n) is 2.14. The van der Waals surface area contributed by atoms with Crippen LogP contribution in [0.4, 0.5) is 0 Å². The summed E-state index contributed by atoms with van der Waals surface area (Å²) in [5.41, 5.74) is 1.30. The van der Waals surface area contributed by atoms with Crippen molar-refractivity contribution in [2.45, 2.75) is 32.3 Å². The summed E-state index contributed by atoms with van der Waals surface area (Å²) in [7, 11) is 0. The number of thiophene rings is 1. The molecule has 1 aromatic rings. The van der Waals surface area contributed by atoms with E-state index in [1.165, 1.54) is 10.4 Å². The zero-order valence-electron chi connectivity index (χ0n) is 9.11. The lowest BCUT2D eigenvalue weighted by Crippen LogP contribution is -2.21. The van der Waals surface area contributed by atoms with Gasteiger partial charge in [-0.25, -0.2) is 0 Å². The fraction of sp³-hybridized carbons (Fsp3) is 0.667. The molecule has 0 amide bonds. The average molecular weight is 226 g/mol. The van der Waals surface area contributed by atoms with Gasteiger partial charge < -0.3 is 9.84 Å². The predicted octanol–water partition coefficient (Wildman–Crippen LogP) is 2.77. The van der Waals surface area contributed by atoms with E-state index in [0.717, 1.165) is 32.5 Å². The summed E-state index contributed by atoms with van der Waals surface area (Å²) in [5, 5.41) is 12.4. The summed E-state index contributed by atoms with van der Waals surface area (Å²) in [5.74, 6) is 0.391. The second-order valence-corrected chi connectivity index (χ2v) is 5.01. The fourth-order valence-corrected chi connectivity index (χ4v) is 3.22. The van der Waals surface area contributed by atoms with Crippen LogP contribution in [0.25, 0.3) is 0 Å². The van der Waals surface area contributed by atoms with E-state index in [2.05, 4.69) is 18.4 Å². The van der Waals surface area contributed by atoms with Crippen molar-refractivity contribution in [1.82, 2.24) is 0 Å². The van der Waals surface area contributed by atoms with Gasteiger partial charge in [-0.3, -0.25) is 0 Å². The zero-order chi connectivity index (χ0) is 10.7. The minimum atomic E-state index is -0.274. The van der Waals surface area contributed by atoms with E-state index in [0.29, 0.717) is 5.92 Å². The number of rotatable bonds is 3. The third kappa shape index (κ3) is 2.41. The standard InChI is InChI=1S/C12H18O2S/c1-2-9-5-8-15-12(9)11(13)10-3-6-14-7-4-10/h5,8,10-11,13H,2-4,6-7H2,1H3. The van der Waals surface area contributed by atoms with Gasteiger partial charge in [-0.05, 0) is 42.2 Å². The summed E-state index contributed by atoms with van der Waals surface area (Å²) in [6, 6.07) is 2.13. The molecule has 1 atom stereocenters. The molecule has 0 radical (unpaired) electrons. The van der Waals surface area contributed by atoms with Crippen molar-refractivity contribution < 1.29 is 9.84 Å². The molecule has 1 unspecified atom stereocenters. The van der Waals surface area contributed by atoms with Crippen LogP contribution in [0, 0.1) is 5.92 Å². The number of ether oxygens (including phenoxy) is 1. The second-order valence-electron chi connectivity index (χ2n) is 4.06. The van der Waals surface area contributed by atoms with E-state index in [9.17, 15) is 5.11 Å². The number of aliphatic hydroxyl groups is 1. The van der Waals surface area contributed by atoms with Crippen molar-refractivity contribution in [3.05, 3.63) is 21.9 Å². The predicted molar refractivity (Wildman–Crippen MR) is 62.2 cm³/mol. The van der Waals surface area contributed by atoms with Crippen molar-refractivity contribution >= 4 is 11.3 Å². The lowest BCUT2D eigenvalue weighted by Gasteiger charge is -2.26. The van der Waals surface area contributed by atoms with Crippen LogP contribution in [-0.4, -0.2) is 18.3 Å². The van der Waals surface area contributed by atoms with Crippen LogP contribution in [0.3, 0.4) is 0 Å². The molecule has 0 spiro atoms. The molecule has 1 N–H and O–H groups in total. The Morgan fingerprint density at radius 2 is 2.27 bits per heavy atom. The molecule has 3 heteroatoms. The van der Waals surface area contributed by atoms with Crippen LogP contribution in [-0.2, 0) is 11.2 Å². The molecule has 1 fully saturated rings. The Bertz CT molecular complexity index is 302. The maximum atomic E-state index is 10.3. The third-order valence-corrected chi connectivity index (χ3v) is 4.17. The first kappa shape index (κ1) is 11.1. The Balaban J connectivity index is 2.08. The quantitative estimate of drug-likeness (QED) is 0.858. The van der Waals surface area contributed by atoms with Crippen LogP contribution in [0.15, 0.2) is 11.4 Å². The third-order valence-electron chi connectivity index (χ3n) is 3.14. The molecule has 0 bridgehead atoms. The largest absolute Gasteiger partial charge is 0.387 e. The first-order valence-electron chi connectivity index (χ1n) is 5.65. The Morgan fingerprint density at radius 1 is 1.53 bits per heavy atom. The molecular formula is C12H18O2S. The van der Waals surface area contributed by atoms with E-state index in [4.69, 9.17) is 4.74 Å². The van der Waals surface area contributed by atoms with Gasteiger partial charge in [-0.15, -0.1) is 11.3 Å². The van der Waals surface area contributed by atoms with Crippen molar-refractivity contribution in [3.8, 4) is 0 Å². The summed E-state index contributed by atoms with van der Waals surface area (Å²) < 4.78 is 5.32. The number of aliphatic hydroxyl groups excluding tert-OH is 1. The van der Waals surface area contributed by atoms with E-state index in [-0.39, 0.29) is 6.10 Å². The SMILES string of the molecule is CCc1ccsc1C(O)C1CCOCC1. The Labute approximate surface area is 94.9 Å². The van der Waals surface area contributed by atoms with Crippen molar-refractivity contribution in [3.63, 3.8) is 0 Å². The minimum absolute atomic E-state index is 0.274. The maximum Gasteiger partial charge on any atom is 0.0914 e. The molecule has 0 saturated carbocycles. The van der Waals surface area contributed by atoms with Gasteiger partial charge in [-0.1, -0.05) is 6.92 Å². The molecule has 1 aliphatic rings. The molecule has 2 rings (SSSR count). The first-order valence-corrected chi connectivity index (χ1v) is 6.53. The molecule has 0 aromatic carbocycles. The van der Waals surface area contributed by atoms with Crippen molar-refractivity contribution in [1.29, 1.82) is 0 Å². The van der Waals surface area contributed by atoms with Gasteiger partial charge in [0.05, 0.1) is 6.10 Å². The van der Waals surface area contributed by atoms with Gasteiger partial charge in [0.2, 0.25) is 0 Å². The Hall–Kier alpha value is -0.380. The number of hydrogen-bond donors (Lipinski definition) is 1. The van der Waals surface area contributed by atoms with Gasteiger partial charge >= 0.3 is 0 Å². The summed E-state index contributed by atoms with van der Waals surface area (Å²) in [6.45, 7) is 3.74. The van der Waals surface area contributed by atoms with Crippen LogP contribution in [0.5, 0.6) is 0 Å². The normalized spacial score (nSPS) is 20.4. The van der Waals surface area contributed by atoms with Gasteiger partial charge in [0.25, 0.3) is 0 Å². The van der Waals surface area contributed by atoms with Gasteiger partial charge in [0.15, 0.2) is 0 Å². The summed E-state index contributed by atoms with van der Waals surface area (Å²) in [4.78, 5) is 1.17. The highest BCUT2D eigenvalue weighted by molar-refractivity contribution is 7.10. The first-order chi connectivity index (χ1) is 7.33. The molecule has 15 heavy (non-hydrogen) atoms. The summed E-state index contributed by atoms with van der Waals surface area (Å²) >= 11 is 1.69. The Kier molecular flexibility index (Phi) is 3.78. The molecular weight excluding hydrogens is 208 g/mol. The highest BCUT2D eigenvalue weighted by atomic mass is 32.1. The lowest BCUT2D eigenvalue weighted by atomic mass is 9.91. The van der Waals surface area contributed by atoms with Gasteiger partial charge in [-0.2, -0.15) is 0 Å². The number of hydrogen-bond acceptors (Lipinski definition) is 3. The van der Waals surface area contributed by atoms with Crippen LogP contribution >= 0.6 is 11.3 Å². The maximum absolute atomic E-state index is 10.3. The number of aryl methyl sites for hydroxylation is 1. The highest BCUT2D eigenvalue weighted by Crippen LogP contribution is 2.34. The van der Waals surface area contributed by atoms with Crippen molar-refractivity contribution in [2.75, 3.05) is 13.2 Å². The van der Waals surface area contributed by atoms with Gasteiger partial charge in [0.1, 0.15) is 0 Å². The minimum Gasteiger partial charge on any atom is -0.387 e. The van der Waals surface area contributed by atoms with E-state index in [1.54, 1.807) is 11.3 Å². The van der Waals surface area contributed by atoms with E-state index >= 15 is 0 Å². The van der Waals surface area contributed by atoms with Crippen molar-refractivity contribution in [2.24, 2.45) is 5.92 Å². The molecule has 0 aliphatic carbocycles. The monoisotopic (exact) mass is 226 g/mol. The lowest BCUT2D eigenvalue weighted by molar-refractivity contribution is 0.00827. The topological polar surface area (TPSA) is 29.5 Å². The van der Waals surface area contributed by atoms with Gasteiger partial charge in [0, 0.05) is 18.1 Å². The van der Waals surface area contributed by atoms with E-state index in [1.807, 2.05) is 0 Å². The molecule has 1 saturated heterocycles. The molecule has 1 aromatic heterocycles. The zero-order valence-corrected chi connectivity index (χ0v) is 9.93. The molecule has 84 valence electrons. The second kappa shape index (κ2) is 5.10. The average Bonchev–Trinajstić information content (AvgIpc) is 2.77. The molecule has 1 aliphatic heterocycles. The Morgan fingerprint density at radius 3 is 2.93 bits per heavy atom. The molecule has 2 heterocycles. The smallest absolute Gasteiger partial charge is 0.0914 e. The van der Waals surface area contributed by atoms with Crippen LogP contribution in [0.2, 0.25) is 0 Å². The highest BCUT2D eigenvalue weighted by Gasteiger charge is 2.25. The summed E-state index contributed by atoms with van der Waals surface area (Å²) in [6.07, 6.45) is 2.72. The van der Waals surface area contributed by atoms with Crippen LogP contribution in [0.1, 0.15) is 36.3 Å². The van der Waals surface area contributed by atoms with Crippen LogP contribution < -0.4 is 0 Å². The van der Waals surface area contributed by atoms with E-state index < -0.39 is 0 Å². The molecule has 2 nitrogen and oxygen atoms in total.